The number of amides is 1. The maximum Gasteiger partial charge on any atom is 0.234 e. The molecule has 0 heterocycles. The molecule has 15 heavy (non-hydrogen) atoms. The van der Waals surface area contributed by atoms with E-state index in [-0.39, 0.29) is 12.2 Å². The van der Waals surface area contributed by atoms with Crippen molar-refractivity contribution < 1.29 is 13.2 Å². The number of carbonyl (C=O) groups is 1. The topological polar surface area (TPSA) is 63.2 Å². The zero-order valence-electron chi connectivity index (χ0n) is 9.32. The SMILES string of the molecule is CC/C=C\CCCC(=O)NS(=O)(=O)CC. The minimum atomic E-state index is -3.38. The Morgan fingerprint density at radius 2 is 1.93 bits per heavy atom. The van der Waals surface area contributed by atoms with Crippen LogP contribution >= 0.6 is 0 Å². The molecule has 0 aliphatic carbocycles. The summed E-state index contributed by atoms with van der Waals surface area (Å²) >= 11 is 0. The van der Waals surface area contributed by atoms with Crippen molar-refractivity contribution in [3.63, 3.8) is 0 Å². The second-order valence-corrected chi connectivity index (χ2v) is 5.21. The number of carbonyl (C=O) groups excluding carboxylic acids is 1. The van der Waals surface area contributed by atoms with E-state index in [1.165, 1.54) is 6.92 Å². The summed E-state index contributed by atoms with van der Waals surface area (Å²) in [5, 5.41) is 0. The highest BCUT2D eigenvalue weighted by atomic mass is 32.2. The van der Waals surface area contributed by atoms with E-state index in [4.69, 9.17) is 0 Å². The molecular weight excluding hydrogens is 214 g/mol. The summed E-state index contributed by atoms with van der Waals surface area (Å²) in [5.74, 6) is -0.476. The van der Waals surface area contributed by atoms with Gasteiger partial charge in [-0.05, 0) is 26.2 Å². The van der Waals surface area contributed by atoms with Gasteiger partial charge in [0, 0.05) is 6.42 Å². The van der Waals surface area contributed by atoms with E-state index in [1.54, 1.807) is 0 Å². The average molecular weight is 233 g/mol. The lowest BCUT2D eigenvalue weighted by Crippen LogP contribution is -2.31. The highest BCUT2D eigenvalue weighted by molar-refractivity contribution is 7.90. The third kappa shape index (κ3) is 8.17. The van der Waals surface area contributed by atoms with Gasteiger partial charge in [-0.1, -0.05) is 19.1 Å². The zero-order chi connectivity index (χ0) is 11.7. The van der Waals surface area contributed by atoms with Crippen molar-refractivity contribution in [3.8, 4) is 0 Å². The number of allylic oxidation sites excluding steroid dienone is 2. The molecule has 1 amide bonds. The Kier molecular flexibility index (Phi) is 7.03. The van der Waals surface area contributed by atoms with Gasteiger partial charge in [-0.2, -0.15) is 0 Å². The minimum absolute atomic E-state index is 0.0610. The third-order valence-electron chi connectivity index (χ3n) is 1.83. The standard InChI is InChI=1S/C10H19NO3S/c1-3-5-6-7-8-9-10(12)11-15(13,14)4-2/h5-6H,3-4,7-9H2,1-2H3,(H,11,12)/b6-5-. The van der Waals surface area contributed by atoms with Crippen molar-refractivity contribution in [2.45, 2.75) is 39.5 Å². The van der Waals surface area contributed by atoms with E-state index in [1.807, 2.05) is 23.8 Å². The molecule has 0 saturated carbocycles. The van der Waals surface area contributed by atoms with Gasteiger partial charge in [0.05, 0.1) is 5.75 Å². The van der Waals surface area contributed by atoms with E-state index in [2.05, 4.69) is 0 Å². The monoisotopic (exact) mass is 233 g/mol. The normalized spacial score (nSPS) is 11.9. The van der Waals surface area contributed by atoms with Crippen molar-refractivity contribution in [3.05, 3.63) is 12.2 Å². The lowest BCUT2D eigenvalue weighted by molar-refractivity contribution is -0.119. The van der Waals surface area contributed by atoms with E-state index in [0.29, 0.717) is 6.42 Å². The van der Waals surface area contributed by atoms with Crippen molar-refractivity contribution >= 4 is 15.9 Å². The summed E-state index contributed by atoms with van der Waals surface area (Å²) in [6.45, 7) is 3.54. The Bertz CT molecular complexity index is 307. The largest absolute Gasteiger partial charge is 0.274 e. The van der Waals surface area contributed by atoms with Gasteiger partial charge >= 0.3 is 0 Å². The fourth-order valence-corrected chi connectivity index (χ4v) is 1.55. The summed E-state index contributed by atoms with van der Waals surface area (Å²) < 4.78 is 24.0. The second kappa shape index (κ2) is 7.45. The van der Waals surface area contributed by atoms with E-state index in [0.717, 1.165) is 12.8 Å². The highest BCUT2D eigenvalue weighted by Gasteiger charge is 2.10. The fourth-order valence-electron chi connectivity index (χ4n) is 0.962. The summed E-state index contributed by atoms with van der Waals surface area (Å²) in [4.78, 5) is 11.1. The number of nitrogens with one attached hydrogen (secondary N) is 1. The molecule has 88 valence electrons. The van der Waals surface area contributed by atoms with Crippen LogP contribution in [0.15, 0.2) is 12.2 Å². The molecule has 0 fully saturated rings. The molecule has 0 bridgehead atoms. The first-order valence-electron chi connectivity index (χ1n) is 5.20. The van der Waals surface area contributed by atoms with Crippen LogP contribution in [0, 0.1) is 0 Å². The Labute approximate surface area is 91.8 Å². The lowest BCUT2D eigenvalue weighted by Gasteiger charge is -2.03. The predicted molar refractivity (Wildman–Crippen MR) is 60.9 cm³/mol. The summed E-state index contributed by atoms with van der Waals surface area (Å²) in [7, 11) is -3.38. The van der Waals surface area contributed by atoms with Crippen molar-refractivity contribution in [2.75, 3.05) is 5.75 Å². The molecule has 0 radical (unpaired) electrons. The summed E-state index contributed by atoms with van der Waals surface area (Å²) in [6, 6.07) is 0. The first-order chi connectivity index (χ1) is 7.02. The van der Waals surface area contributed by atoms with Crippen LogP contribution in [0.25, 0.3) is 0 Å². The average Bonchev–Trinajstić information content (AvgIpc) is 2.17. The van der Waals surface area contributed by atoms with Crippen LogP contribution in [0.5, 0.6) is 0 Å². The van der Waals surface area contributed by atoms with Gasteiger partial charge < -0.3 is 0 Å². The zero-order valence-corrected chi connectivity index (χ0v) is 10.1. The first kappa shape index (κ1) is 14.2. The Balaban J connectivity index is 3.72. The smallest absolute Gasteiger partial charge is 0.234 e. The molecule has 0 atom stereocenters. The van der Waals surface area contributed by atoms with Crippen LogP contribution in [-0.4, -0.2) is 20.1 Å². The van der Waals surface area contributed by atoms with Gasteiger partial charge in [0.1, 0.15) is 0 Å². The summed E-state index contributed by atoms with van der Waals surface area (Å²) in [5.41, 5.74) is 0. The van der Waals surface area contributed by atoms with Crippen LogP contribution in [0.1, 0.15) is 39.5 Å². The lowest BCUT2D eigenvalue weighted by atomic mass is 10.2. The molecule has 5 heteroatoms. The number of rotatable bonds is 7. The predicted octanol–water partition coefficient (Wildman–Crippen LogP) is 1.59. The highest BCUT2D eigenvalue weighted by Crippen LogP contribution is 1.98. The molecule has 0 aromatic carbocycles. The molecule has 0 aliphatic heterocycles. The molecule has 0 aromatic heterocycles. The Morgan fingerprint density at radius 1 is 1.27 bits per heavy atom. The molecule has 0 aliphatic rings. The second-order valence-electron chi connectivity index (χ2n) is 3.20. The number of hydrogen-bond acceptors (Lipinski definition) is 3. The maximum absolute atomic E-state index is 11.1. The Morgan fingerprint density at radius 3 is 2.47 bits per heavy atom. The first-order valence-corrected chi connectivity index (χ1v) is 6.85. The number of unbranched alkanes of at least 4 members (excludes halogenated alkanes) is 1. The quantitative estimate of drug-likeness (QED) is 0.536. The van der Waals surface area contributed by atoms with Gasteiger partial charge in [0.25, 0.3) is 0 Å². The van der Waals surface area contributed by atoms with Crippen molar-refractivity contribution in [1.29, 1.82) is 0 Å². The van der Waals surface area contributed by atoms with Crippen molar-refractivity contribution in [1.82, 2.24) is 4.72 Å². The van der Waals surface area contributed by atoms with Crippen molar-refractivity contribution in [2.24, 2.45) is 0 Å². The molecule has 0 rings (SSSR count). The third-order valence-corrected chi connectivity index (χ3v) is 3.13. The molecular formula is C10H19NO3S. The molecule has 0 unspecified atom stereocenters. The van der Waals surface area contributed by atoms with Crippen LogP contribution in [0.4, 0.5) is 0 Å². The van der Waals surface area contributed by atoms with E-state index >= 15 is 0 Å². The van der Waals surface area contributed by atoms with E-state index in [9.17, 15) is 13.2 Å². The van der Waals surface area contributed by atoms with Gasteiger partial charge in [-0.3, -0.25) is 9.52 Å². The van der Waals surface area contributed by atoms with Crippen LogP contribution in [0.2, 0.25) is 0 Å². The Hall–Kier alpha value is -0.840. The van der Waals surface area contributed by atoms with Gasteiger partial charge in [-0.15, -0.1) is 0 Å². The molecule has 0 aromatic rings. The van der Waals surface area contributed by atoms with E-state index < -0.39 is 15.9 Å². The van der Waals surface area contributed by atoms with Crippen LogP contribution in [0.3, 0.4) is 0 Å². The number of sulfonamides is 1. The maximum atomic E-state index is 11.1. The molecule has 1 N–H and O–H groups in total. The molecule has 0 saturated heterocycles. The van der Waals surface area contributed by atoms with Gasteiger partial charge in [0.2, 0.25) is 15.9 Å². The van der Waals surface area contributed by atoms with Crippen LogP contribution in [-0.2, 0) is 14.8 Å². The molecule has 4 nitrogen and oxygen atoms in total. The minimum Gasteiger partial charge on any atom is -0.274 e. The molecule has 0 spiro atoms. The van der Waals surface area contributed by atoms with Crippen LogP contribution < -0.4 is 4.72 Å². The summed E-state index contributed by atoms with van der Waals surface area (Å²) in [6.07, 6.45) is 6.76. The number of hydrogen-bond donors (Lipinski definition) is 1. The van der Waals surface area contributed by atoms with Gasteiger partial charge in [-0.25, -0.2) is 8.42 Å². The fraction of sp³-hybridized carbons (Fsp3) is 0.700. The van der Waals surface area contributed by atoms with Gasteiger partial charge in [0.15, 0.2) is 0 Å².